The van der Waals surface area contributed by atoms with E-state index in [1.54, 1.807) is 30.3 Å². The summed E-state index contributed by atoms with van der Waals surface area (Å²) < 4.78 is 5.38. The molecule has 0 aromatic heterocycles. The number of morpholine rings is 1. The molecule has 2 heterocycles. The maximum Gasteiger partial charge on any atom is 0.272 e. The first-order valence-electron chi connectivity index (χ1n) is 12.0. The highest BCUT2D eigenvalue weighted by molar-refractivity contribution is 6.02. The molecule has 2 amide bonds. The second-order valence-electron chi connectivity index (χ2n) is 9.02. The second kappa shape index (κ2) is 11.2. The highest BCUT2D eigenvalue weighted by Gasteiger charge is 2.38. The van der Waals surface area contributed by atoms with Gasteiger partial charge in [0, 0.05) is 62.0 Å². The molecule has 1 saturated heterocycles. The first-order chi connectivity index (χ1) is 17.3. The zero-order chi connectivity index (χ0) is 25.7. The van der Waals surface area contributed by atoms with Gasteiger partial charge < -0.3 is 35.3 Å². The summed E-state index contributed by atoms with van der Waals surface area (Å²) in [7, 11) is 1.48. The van der Waals surface area contributed by atoms with Crippen LogP contribution in [0.5, 0.6) is 0 Å². The number of nitrogens with one attached hydrogen (secondary N) is 2. The minimum Gasteiger partial charge on any atom is -0.379 e. The third kappa shape index (κ3) is 5.57. The molecule has 1 unspecified atom stereocenters. The van der Waals surface area contributed by atoms with Crippen LogP contribution in [0.15, 0.2) is 42.5 Å². The molecule has 1 fully saturated rings. The molecule has 2 aromatic carbocycles. The minimum atomic E-state index is -2.39. The number of likely N-dealkylation sites (N-methyl/N-ethyl adjacent to an activating group) is 1. The number of aldehydes is 1. The molecular weight excluding hydrogens is 464 g/mol. The summed E-state index contributed by atoms with van der Waals surface area (Å²) >= 11 is 0. The van der Waals surface area contributed by atoms with Gasteiger partial charge in [0.05, 0.1) is 13.2 Å². The van der Waals surface area contributed by atoms with Gasteiger partial charge in [-0.15, -0.1) is 0 Å². The summed E-state index contributed by atoms with van der Waals surface area (Å²) in [5.74, 6) is -3.09. The third-order valence-corrected chi connectivity index (χ3v) is 6.65. The van der Waals surface area contributed by atoms with Gasteiger partial charge in [0.15, 0.2) is 0 Å². The monoisotopic (exact) mass is 496 g/mol. The molecule has 2 aliphatic heterocycles. The lowest BCUT2D eigenvalue weighted by molar-refractivity contribution is -0.143. The summed E-state index contributed by atoms with van der Waals surface area (Å²) in [4.78, 5) is 40.1. The molecule has 192 valence electrons. The Bertz CT molecular complexity index is 1100. The third-order valence-electron chi connectivity index (χ3n) is 6.65. The van der Waals surface area contributed by atoms with Crippen molar-refractivity contribution in [2.75, 3.05) is 38.7 Å². The fourth-order valence-electron chi connectivity index (χ4n) is 4.66. The Kier molecular flexibility index (Phi) is 8.00. The summed E-state index contributed by atoms with van der Waals surface area (Å²) in [6, 6.07) is 11.2. The number of rotatable bonds is 10. The van der Waals surface area contributed by atoms with Gasteiger partial charge in [0.25, 0.3) is 11.8 Å². The molecule has 2 aromatic rings. The number of amides is 2. The Morgan fingerprint density at radius 3 is 2.56 bits per heavy atom. The van der Waals surface area contributed by atoms with Crippen molar-refractivity contribution in [3.8, 4) is 0 Å². The van der Waals surface area contributed by atoms with E-state index >= 15 is 0 Å². The Morgan fingerprint density at radius 2 is 1.89 bits per heavy atom. The van der Waals surface area contributed by atoms with Crippen molar-refractivity contribution >= 4 is 23.8 Å². The number of ether oxygens (including phenoxy) is 1. The van der Waals surface area contributed by atoms with Crippen LogP contribution < -0.4 is 10.6 Å². The van der Waals surface area contributed by atoms with Crippen LogP contribution >= 0.6 is 0 Å². The SMILES string of the molecule is CNC(=O)C(CCC=O)N1Cc2c(NC(O)(O)c3ccc(CN4CCOCC4)cc3)cccc2C1=O. The number of carbonyl (C=O) groups excluding carboxylic acids is 3. The van der Waals surface area contributed by atoms with E-state index in [9.17, 15) is 24.6 Å². The number of nitrogens with zero attached hydrogens (tertiary/aromatic N) is 2. The number of aliphatic hydroxyl groups is 2. The van der Waals surface area contributed by atoms with E-state index in [-0.39, 0.29) is 36.8 Å². The van der Waals surface area contributed by atoms with Gasteiger partial charge in [-0.1, -0.05) is 30.3 Å². The minimum absolute atomic E-state index is 0.100. The van der Waals surface area contributed by atoms with Gasteiger partial charge in [0.1, 0.15) is 12.3 Å². The molecule has 0 bridgehead atoms. The topological polar surface area (TPSA) is 131 Å². The van der Waals surface area contributed by atoms with Crippen molar-refractivity contribution < 1.29 is 29.3 Å². The van der Waals surface area contributed by atoms with Gasteiger partial charge in [-0.3, -0.25) is 14.5 Å². The van der Waals surface area contributed by atoms with Crippen molar-refractivity contribution in [2.45, 2.75) is 37.9 Å². The molecule has 36 heavy (non-hydrogen) atoms. The lowest BCUT2D eigenvalue weighted by Gasteiger charge is -2.28. The van der Waals surface area contributed by atoms with Gasteiger partial charge in [-0.05, 0) is 24.1 Å². The Morgan fingerprint density at radius 1 is 1.17 bits per heavy atom. The number of anilines is 1. The number of hydrogen-bond acceptors (Lipinski definition) is 8. The van der Waals surface area contributed by atoms with E-state index in [1.165, 1.54) is 11.9 Å². The molecule has 4 N–H and O–H groups in total. The van der Waals surface area contributed by atoms with E-state index in [1.807, 2.05) is 12.1 Å². The zero-order valence-corrected chi connectivity index (χ0v) is 20.3. The fourth-order valence-corrected chi connectivity index (χ4v) is 4.66. The molecule has 0 aliphatic carbocycles. The van der Waals surface area contributed by atoms with Crippen LogP contribution in [0.4, 0.5) is 5.69 Å². The van der Waals surface area contributed by atoms with Crippen LogP contribution in [0.3, 0.4) is 0 Å². The molecule has 1 atom stereocenters. The first-order valence-corrected chi connectivity index (χ1v) is 12.0. The average molecular weight is 497 g/mol. The molecule has 4 rings (SSSR count). The van der Waals surface area contributed by atoms with Gasteiger partial charge in [0.2, 0.25) is 5.91 Å². The lowest BCUT2D eigenvalue weighted by Crippen LogP contribution is -2.46. The quantitative estimate of drug-likeness (QED) is 0.280. The van der Waals surface area contributed by atoms with Crippen LogP contribution in [0.2, 0.25) is 0 Å². The van der Waals surface area contributed by atoms with E-state index < -0.39 is 12.0 Å². The van der Waals surface area contributed by atoms with Crippen LogP contribution in [-0.4, -0.2) is 77.5 Å². The van der Waals surface area contributed by atoms with E-state index in [0.717, 1.165) is 25.2 Å². The highest BCUT2D eigenvalue weighted by atomic mass is 16.5. The maximum atomic E-state index is 13.1. The summed E-state index contributed by atoms with van der Waals surface area (Å²) in [6.07, 6.45) is 1.06. The van der Waals surface area contributed by atoms with Crippen LogP contribution in [-0.2, 0) is 33.3 Å². The summed E-state index contributed by atoms with van der Waals surface area (Å²) in [5, 5.41) is 27.1. The first kappa shape index (κ1) is 25.8. The molecule has 0 saturated carbocycles. The Balaban J connectivity index is 1.50. The average Bonchev–Trinajstić information content (AvgIpc) is 3.22. The Labute approximate surface area is 209 Å². The van der Waals surface area contributed by atoms with Gasteiger partial charge >= 0.3 is 0 Å². The maximum absolute atomic E-state index is 13.1. The molecule has 10 nitrogen and oxygen atoms in total. The molecule has 0 radical (unpaired) electrons. The number of carbonyl (C=O) groups is 3. The summed E-state index contributed by atoms with van der Waals surface area (Å²) in [5.41, 5.74) is 2.60. The van der Waals surface area contributed by atoms with Crippen LogP contribution in [0, 0.1) is 0 Å². The fraction of sp³-hybridized carbons (Fsp3) is 0.423. The standard InChI is InChI=1S/C26H32N4O6/c1-27-24(32)23(6-3-13-31)30-17-21-20(25(30)33)4-2-5-22(21)28-26(34,35)19-9-7-18(8-10-19)16-29-11-14-36-15-12-29/h2,4-5,7-10,13,23,28,34-35H,3,6,11-12,14-17H2,1H3,(H,27,32). The molecule has 0 spiro atoms. The van der Waals surface area contributed by atoms with E-state index in [4.69, 9.17) is 4.74 Å². The van der Waals surface area contributed by atoms with E-state index in [0.29, 0.717) is 36.3 Å². The number of benzene rings is 2. The Hall–Kier alpha value is -3.31. The van der Waals surface area contributed by atoms with Crippen molar-refractivity contribution in [2.24, 2.45) is 0 Å². The van der Waals surface area contributed by atoms with Crippen molar-refractivity contribution in [1.29, 1.82) is 0 Å². The lowest BCUT2D eigenvalue weighted by atomic mass is 10.1. The van der Waals surface area contributed by atoms with Crippen molar-refractivity contribution in [3.05, 3.63) is 64.7 Å². The largest absolute Gasteiger partial charge is 0.379 e. The number of fused-ring (bicyclic) bond motifs is 1. The highest BCUT2D eigenvalue weighted by Crippen LogP contribution is 2.34. The number of hydrogen-bond donors (Lipinski definition) is 4. The molecule has 2 aliphatic rings. The smallest absolute Gasteiger partial charge is 0.272 e. The normalized spacial score (nSPS) is 17.0. The second-order valence-corrected chi connectivity index (χ2v) is 9.02. The van der Waals surface area contributed by atoms with Crippen molar-refractivity contribution in [3.63, 3.8) is 0 Å². The van der Waals surface area contributed by atoms with Crippen LogP contribution in [0.25, 0.3) is 0 Å². The van der Waals surface area contributed by atoms with E-state index in [2.05, 4.69) is 15.5 Å². The molecular formula is C26H32N4O6. The predicted molar refractivity (Wildman–Crippen MR) is 132 cm³/mol. The van der Waals surface area contributed by atoms with Crippen molar-refractivity contribution in [1.82, 2.24) is 15.1 Å². The summed E-state index contributed by atoms with van der Waals surface area (Å²) in [6.45, 7) is 3.99. The van der Waals surface area contributed by atoms with Crippen LogP contribution in [0.1, 0.15) is 39.9 Å². The molecule has 10 heteroatoms. The van der Waals surface area contributed by atoms with Gasteiger partial charge in [-0.2, -0.15) is 0 Å². The zero-order valence-electron chi connectivity index (χ0n) is 20.3. The predicted octanol–water partition coefficient (Wildman–Crippen LogP) is 0.775. The van der Waals surface area contributed by atoms with Gasteiger partial charge in [-0.25, -0.2) is 0 Å².